The second kappa shape index (κ2) is 11.9. The van der Waals surface area contributed by atoms with Gasteiger partial charge in [-0.25, -0.2) is 0 Å². The van der Waals surface area contributed by atoms with E-state index in [-0.39, 0.29) is 12.4 Å². The average Bonchev–Trinajstić information content (AvgIpc) is 3.46. The van der Waals surface area contributed by atoms with Gasteiger partial charge in [0.1, 0.15) is 18.1 Å². The van der Waals surface area contributed by atoms with Crippen LogP contribution in [0.25, 0.3) is 0 Å². The third-order valence-electron chi connectivity index (χ3n) is 4.91. The summed E-state index contributed by atoms with van der Waals surface area (Å²) in [6, 6.07) is 26.0. The molecule has 3 aromatic carbocycles. The molecule has 1 heterocycles. The van der Waals surface area contributed by atoms with Crippen molar-refractivity contribution >= 4 is 23.4 Å². The highest BCUT2D eigenvalue weighted by molar-refractivity contribution is 6.02. The molecule has 9 heteroatoms. The maximum Gasteiger partial charge on any atom is 0.291 e. The molecule has 0 saturated carbocycles. The summed E-state index contributed by atoms with van der Waals surface area (Å²) < 4.78 is 16.2. The minimum atomic E-state index is -0.532. The molecule has 0 bridgehead atoms. The molecule has 9 nitrogen and oxygen atoms in total. The molecule has 4 aromatic rings. The van der Waals surface area contributed by atoms with E-state index < -0.39 is 17.7 Å². The zero-order valence-electron chi connectivity index (χ0n) is 19.1. The van der Waals surface area contributed by atoms with Crippen LogP contribution in [0.4, 0.5) is 5.69 Å². The number of hydrazine groups is 1. The van der Waals surface area contributed by atoms with E-state index in [1.807, 2.05) is 30.3 Å². The summed E-state index contributed by atoms with van der Waals surface area (Å²) in [6.45, 7) is 0.160. The summed E-state index contributed by atoms with van der Waals surface area (Å²) in [5.74, 6) is -0.125. The molecule has 36 heavy (non-hydrogen) atoms. The average molecular weight is 485 g/mol. The van der Waals surface area contributed by atoms with E-state index in [1.54, 1.807) is 48.5 Å². The van der Waals surface area contributed by atoms with Crippen LogP contribution in [0.5, 0.6) is 11.5 Å². The maximum atomic E-state index is 12.3. The molecule has 3 N–H and O–H groups in total. The van der Waals surface area contributed by atoms with Crippen molar-refractivity contribution < 1.29 is 28.3 Å². The molecule has 0 aliphatic heterocycles. The van der Waals surface area contributed by atoms with Crippen molar-refractivity contribution in [1.29, 1.82) is 0 Å². The number of nitrogens with one attached hydrogen (secondary N) is 3. The van der Waals surface area contributed by atoms with Crippen LogP contribution in [0.3, 0.4) is 0 Å². The minimum absolute atomic E-state index is 0.175. The lowest BCUT2D eigenvalue weighted by Gasteiger charge is -2.10. The number of carbonyl (C=O) groups is 3. The minimum Gasteiger partial charge on any atom is -0.489 e. The molecular formula is C27H23N3O6. The van der Waals surface area contributed by atoms with E-state index in [0.717, 1.165) is 5.56 Å². The Bertz CT molecular complexity index is 1290. The number of amides is 3. The number of benzene rings is 3. The van der Waals surface area contributed by atoms with Crippen molar-refractivity contribution in [2.24, 2.45) is 0 Å². The molecule has 3 amide bonds. The molecule has 0 unspecified atom stereocenters. The Morgan fingerprint density at radius 1 is 0.694 bits per heavy atom. The SMILES string of the molecule is O=C(COc1ccc(OCc2ccccc2)cc1)NNC(=O)c1ccc(NC(=O)c2ccco2)cc1. The smallest absolute Gasteiger partial charge is 0.291 e. The topological polar surface area (TPSA) is 119 Å². The summed E-state index contributed by atoms with van der Waals surface area (Å²) >= 11 is 0. The summed E-state index contributed by atoms with van der Waals surface area (Å²) in [5, 5.41) is 2.65. The fraction of sp³-hybridized carbons (Fsp3) is 0.0741. The lowest BCUT2D eigenvalue weighted by molar-refractivity contribution is -0.123. The Kier molecular flexibility index (Phi) is 7.95. The summed E-state index contributed by atoms with van der Waals surface area (Å²) in [6.07, 6.45) is 1.40. The first kappa shape index (κ1) is 24.1. The lowest BCUT2D eigenvalue weighted by atomic mass is 10.2. The van der Waals surface area contributed by atoms with Crippen LogP contribution in [0.15, 0.2) is 102 Å². The standard InChI is InChI=1S/C27H23N3O6/c31-25(18-36-23-14-12-22(13-15-23)35-17-19-5-2-1-3-6-19)29-30-26(32)20-8-10-21(11-9-20)28-27(33)24-7-4-16-34-24/h1-16H,17-18H2,(H,28,33)(H,29,31)(H,30,32). The van der Waals surface area contributed by atoms with Crippen molar-refractivity contribution in [3.05, 3.63) is 114 Å². The van der Waals surface area contributed by atoms with Gasteiger partial charge in [-0.15, -0.1) is 0 Å². The Hall–Kier alpha value is -5.05. The zero-order chi connectivity index (χ0) is 25.2. The van der Waals surface area contributed by atoms with Gasteiger partial charge in [0, 0.05) is 11.3 Å². The Morgan fingerprint density at radius 2 is 1.39 bits per heavy atom. The molecule has 182 valence electrons. The highest BCUT2D eigenvalue weighted by Crippen LogP contribution is 2.18. The van der Waals surface area contributed by atoms with E-state index in [9.17, 15) is 14.4 Å². The first-order valence-corrected chi connectivity index (χ1v) is 11.0. The lowest BCUT2D eigenvalue weighted by Crippen LogP contribution is -2.43. The van der Waals surface area contributed by atoms with Crippen LogP contribution >= 0.6 is 0 Å². The number of anilines is 1. The van der Waals surface area contributed by atoms with Gasteiger partial charge in [-0.3, -0.25) is 25.2 Å². The van der Waals surface area contributed by atoms with Gasteiger partial charge in [-0.05, 0) is 66.2 Å². The van der Waals surface area contributed by atoms with Crippen LogP contribution in [0, 0.1) is 0 Å². The highest BCUT2D eigenvalue weighted by atomic mass is 16.5. The van der Waals surface area contributed by atoms with Gasteiger partial charge in [0.25, 0.3) is 17.7 Å². The van der Waals surface area contributed by atoms with Crippen LogP contribution < -0.4 is 25.6 Å². The molecule has 0 aliphatic rings. The molecule has 0 aliphatic carbocycles. The molecule has 1 aromatic heterocycles. The van der Waals surface area contributed by atoms with Crippen molar-refractivity contribution in [2.75, 3.05) is 11.9 Å². The fourth-order valence-corrected chi connectivity index (χ4v) is 3.06. The first-order valence-electron chi connectivity index (χ1n) is 11.0. The summed E-state index contributed by atoms with van der Waals surface area (Å²) in [7, 11) is 0. The summed E-state index contributed by atoms with van der Waals surface area (Å²) in [4.78, 5) is 36.3. The third-order valence-corrected chi connectivity index (χ3v) is 4.91. The van der Waals surface area contributed by atoms with E-state index in [1.165, 1.54) is 18.4 Å². The molecule has 0 saturated heterocycles. The zero-order valence-corrected chi connectivity index (χ0v) is 19.1. The van der Waals surface area contributed by atoms with Crippen molar-refractivity contribution in [3.63, 3.8) is 0 Å². The molecular weight excluding hydrogens is 462 g/mol. The second-order valence-electron chi connectivity index (χ2n) is 7.55. The van der Waals surface area contributed by atoms with E-state index >= 15 is 0 Å². The maximum absolute atomic E-state index is 12.3. The van der Waals surface area contributed by atoms with Gasteiger partial charge in [-0.2, -0.15) is 0 Å². The van der Waals surface area contributed by atoms with Gasteiger partial charge < -0.3 is 19.2 Å². The normalized spacial score (nSPS) is 10.2. The predicted molar refractivity (Wildman–Crippen MR) is 131 cm³/mol. The molecule has 0 atom stereocenters. The number of ether oxygens (including phenoxy) is 2. The largest absolute Gasteiger partial charge is 0.489 e. The quantitative estimate of drug-likeness (QED) is 0.309. The van der Waals surface area contributed by atoms with Crippen molar-refractivity contribution in [1.82, 2.24) is 10.9 Å². The fourth-order valence-electron chi connectivity index (χ4n) is 3.06. The third kappa shape index (κ3) is 6.97. The monoisotopic (exact) mass is 485 g/mol. The van der Waals surface area contributed by atoms with Crippen LogP contribution in [-0.4, -0.2) is 24.3 Å². The van der Waals surface area contributed by atoms with Crippen molar-refractivity contribution in [2.45, 2.75) is 6.61 Å². The highest BCUT2D eigenvalue weighted by Gasteiger charge is 2.11. The van der Waals surface area contributed by atoms with Gasteiger partial charge in [0.15, 0.2) is 12.4 Å². The second-order valence-corrected chi connectivity index (χ2v) is 7.55. The van der Waals surface area contributed by atoms with Crippen LogP contribution in [0.2, 0.25) is 0 Å². The Balaban J connectivity index is 1.17. The number of rotatable bonds is 9. The van der Waals surface area contributed by atoms with Gasteiger partial charge in [-0.1, -0.05) is 30.3 Å². The number of hydrogen-bond donors (Lipinski definition) is 3. The van der Waals surface area contributed by atoms with Gasteiger partial charge in [0.05, 0.1) is 6.26 Å². The van der Waals surface area contributed by atoms with Crippen LogP contribution in [-0.2, 0) is 11.4 Å². The number of carbonyl (C=O) groups excluding carboxylic acids is 3. The van der Waals surface area contributed by atoms with E-state index in [2.05, 4.69) is 16.2 Å². The number of furan rings is 1. The first-order chi connectivity index (χ1) is 17.6. The number of hydrogen-bond acceptors (Lipinski definition) is 6. The van der Waals surface area contributed by atoms with Crippen LogP contribution in [0.1, 0.15) is 26.5 Å². The molecule has 0 fully saturated rings. The molecule has 0 radical (unpaired) electrons. The Morgan fingerprint density at radius 3 is 2.06 bits per heavy atom. The molecule has 0 spiro atoms. The van der Waals surface area contributed by atoms with E-state index in [4.69, 9.17) is 13.9 Å². The van der Waals surface area contributed by atoms with Gasteiger partial charge in [0.2, 0.25) is 0 Å². The Labute approximate surface area is 207 Å². The predicted octanol–water partition coefficient (Wildman–Crippen LogP) is 3.95. The van der Waals surface area contributed by atoms with E-state index in [0.29, 0.717) is 29.4 Å². The summed E-state index contributed by atoms with van der Waals surface area (Å²) in [5.41, 5.74) is 6.45. The molecule has 4 rings (SSSR count). The van der Waals surface area contributed by atoms with Crippen molar-refractivity contribution in [3.8, 4) is 11.5 Å². The van der Waals surface area contributed by atoms with Gasteiger partial charge >= 0.3 is 0 Å².